The molecular weight excluding hydrogens is 512 g/mol. The third kappa shape index (κ3) is 8.42. The molecule has 0 fully saturated rings. The molecule has 1 atom stereocenters. The van der Waals surface area contributed by atoms with Gasteiger partial charge in [0.1, 0.15) is 11.8 Å². The molecule has 1 N–H and O–H groups in total. The molecule has 0 aromatic heterocycles. The van der Waals surface area contributed by atoms with Crippen LogP contribution in [0.4, 0.5) is 11.4 Å². The van der Waals surface area contributed by atoms with Gasteiger partial charge in [0.05, 0.1) is 18.2 Å². The number of nitriles is 1. The van der Waals surface area contributed by atoms with Crippen LogP contribution in [0.3, 0.4) is 0 Å². The number of ether oxygens (including phenoxy) is 1. The second-order valence-corrected chi connectivity index (χ2v) is 9.57. The average molecular weight is 545 g/mol. The number of aldehydes is 1. The van der Waals surface area contributed by atoms with E-state index in [0.29, 0.717) is 37.0 Å². The van der Waals surface area contributed by atoms with Gasteiger partial charge >= 0.3 is 5.97 Å². The van der Waals surface area contributed by atoms with E-state index in [1.165, 1.54) is 6.08 Å². The minimum atomic E-state index is -0.837. The second kappa shape index (κ2) is 14.9. The van der Waals surface area contributed by atoms with Crippen molar-refractivity contribution in [1.82, 2.24) is 0 Å². The monoisotopic (exact) mass is 544 g/mol. The van der Waals surface area contributed by atoms with Gasteiger partial charge in [-0.2, -0.15) is 5.26 Å². The highest BCUT2D eigenvalue weighted by molar-refractivity contribution is 5.87. The topological polar surface area (TPSA) is 90.6 Å². The fraction of sp³-hybridized carbons (Fsp3) is 0.171. The summed E-state index contributed by atoms with van der Waals surface area (Å²) in [5.41, 5.74) is 4.88. The van der Waals surface area contributed by atoms with Gasteiger partial charge in [-0.05, 0) is 66.8 Å². The van der Waals surface area contributed by atoms with E-state index in [9.17, 15) is 9.59 Å². The van der Waals surface area contributed by atoms with Gasteiger partial charge in [-0.15, -0.1) is 0 Å². The van der Waals surface area contributed by atoms with Crippen LogP contribution in [-0.4, -0.2) is 30.0 Å². The summed E-state index contributed by atoms with van der Waals surface area (Å²) < 4.78 is 5.93. The number of nitrogens with zero attached hydrogens (tertiary/aromatic N) is 2. The Balaban J connectivity index is 1.48. The van der Waals surface area contributed by atoms with Gasteiger partial charge in [0.15, 0.2) is 6.29 Å². The zero-order valence-corrected chi connectivity index (χ0v) is 22.7. The molecule has 0 saturated heterocycles. The minimum Gasteiger partial charge on any atom is -0.493 e. The molecule has 1 unspecified atom stereocenters. The largest absolute Gasteiger partial charge is 0.493 e. The molecule has 6 heteroatoms. The van der Waals surface area contributed by atoms with Crippen LogP contribution in [0.1, 0.15) is 36.8 Å². The number of anilines is 2. The molecule has 0 saturated carbocycles. The van der Waals surface area contributed by atoms with Gasteiger partial charge in [0, 0.05) is 23.4 Å². The van der Waals surface area contributed by atoms with E-state index in [2.05, 4.69) is 77.7 Å². The molecule has 1 aliphatic carbocycles. The van der Waals surface area contributed by atoms with Crippen molar-refractivity contribution >= 4 is 35.8 Å². The zero-order valence-electron chi connectivity index (χ0n) is 22.7. The first-order valence-electron chi connectivity index (χ1n) is 13.6. The molecule has 4 rings (SSSR count). The minimum absolute atomic E-state index is 0.00359. The standard InChI is InChI=1S/C35H32N2O4/c36-25-29(26-38)23-30-19-16-28(24-34(30)41-22-8-7-13-35(39)40)15-14-27-17-20-33(21-18-27)37(31-9-3-1-4-10-31)32-11-5-2-6-12-32/h1-6,9-12,14-20,23-24,26,33H,7-8,13,21-22H2,(H,39,40)/b15-14+,29-23+. The van der Waals surface area contributed by atoms with Crippen molar-refractivity contribution in [1.29, 1.82) is 5.26 Å². The molecule has 0 amide bonds. The Morgan fingerprint density at radius 2 is 1.71 bits per heavy atom. The first-order valence-corrected chi connectivity index (χ1v) is 13.6. The lowest BCUT2D eigenvalue weighted by atomic mass is 9.99. The number of aliphatic carboxylic acids is 1. The summed E-state index contributed by atoms with van der Waals surface area (Å²) in [6, 6.07) is 28.4. The van der Waals surface area contributed by atoms with Gasteiger partial charge in [0.2, 0.25) is 0 Å². The lowest BCUT2D eigenvalue weighted by Crippen LogP contribution is -2.30. The number of allylic oxidation sites excluding steroid dienone is 4. The Labute approximate surface area is 240 Å². The molecule has 41 heavy (non-hydrogen) atoms. The number of benzene rings is 3. The molecule has 0 radical (unpaired) electrons. The Kier molecular flexibility index (Phi) is 10.5. The van der Waals surface area contributed by atoms with Crippen molar-refractivity contribution in [3.8, 4) is 11.8 Å². The first kappa shape index (κ1) is 28.8. The van der Waals surface area contributed by atoms with Crippen LogP contribution < -0.4 is 9.64 Å². The Bertz CT molecular complexity index is 1460. The SMILES string of the molecule is N#C/C(C=O)=C\c1ccc(/C=C/C2=CCC(N(c3ccccc3)c3ccccc3)C=C2)cc1OCCCCC(=O)O. The molecule has 3 aromatic rings. The van der Waals surface area contributed by atoms with E-state index in [0.717, 1.165) is 28.9 Å². The first-order chi connectivity index (χ1) is 20.1. The van der Waals surface area contributed by atoms with E-state index >= 15 is 0 Å². The number of hydrogen-bond acceptors (Lipinski definition) is 5. The summed E-state index contributed by atoms with van der Waals surface area (Å²) in [5, 5.41) is 18.0. The molecule has 0 aliphatic heterocycles. The maximum Gasteiger partial charge on any atom is 0.303 e. The molecule has 1 aliphatic rings. The molecular formula is C35H32N2O4. The van der Waals surface area contributed by atoms with E-state index in [1.54, 1.807) is 0 Å². The number of hydrogen-bond donors (Lipinski definition) is 1. The fourth-order valence-corrected chi connectivity index (χ4v) is 4.56. The predicted octanol–water partition coefficient (Wildman–Crippen LogP) is 7.53. The van der Waals surface area contributed by atoms with Crippen LogP contribution in [0.15, 0.2) is 114 Å². The van der Waals surface area contributed by atoms with Crippen LogP contribution in [0, 0.1) is 11.3 Å². The molecule has 0 spiro atoms. The highest BCUT2D eigenvalue weighted by Crippen LogP contribution is 2.31. The zero-order chi connectivity index (χ0) is 28.9. The quantitative estimate of drug-likeness (QED) is 0.103. The third-order valence-electron chi connectivity index (χ3n) is 6.62. The maximum atomic E-state index is 11.2. The highest BCUT2D eigenvalue weighted by atomic mass is 16.5. The van der Waals surface area contributed by atoms with Gasteiger partial charge < -0.3 is 14.7 Å². The number of carbonyl (C=O) groups is 2. The summed E-state index contributed by atoms with van der Waals surface area (Å²) >= 11 is 0. The summed E-state index contributed by atoms with van der Waals surface area (Å²) in [4.78, 5) is 24.3. The average Bonchev–Trinajstić information content (AvgIpc) is 3.01. The Hall–Kier alpha value is -5.15. The predicted molar refractivity (Wildman–Crippen MR) is 163 cm³/mol. The Morgan fingerprint density at radius 3 is 2.29 bits per heavy atom. The fourth-order valence-electron chi connectivity index (χ4n) is 4.56. The van der Waals surface area contributed by atoms with Crippen molar-refractivity contribution in [2.75, 3.05) is 11.5 Å². The van der Waals surface area contributed by atoms with Crippen LogP contribution in [0.2, 0.25) is 0 Å². The molecule has 6 nitrogen and oxygen atoms in total. The number of carboxylic acid groups (broad SMARTS) is 1. The highest BCUT2D eigenvalue weighted by Gasteiger charge is 2.19. The van der Waals surface area contributed by atoms with Gasteiger partial charge in [-0.25, -0.2) is 0 Å². The second-order valence-electron chi connectivity index (χ2n) is 9.57. The van der Waals surface area contributed by atoms with Gasteiger partial charge in [-0.3, -0.25) is 9.59 Å². The van der Waals surface area contributed by atoms with E-state index in [-0.39, 0.29) is 18.0 Å². The number of carbonyl (C=O) groups excluding carboxylic acids is 1. The smallest absolute Gasteiger partial charge is 0.303 e. The molecule has 0 bridgehead atoms. The summed E-state index contributed by atoms with van der Waals surface area (Å²) in [6.45, 7) is 0.332. The third-order valence-corrected chi connectivity index (χ3v) is 6.62. The van der Waals surface area contributed by atoms with Crippen molar-refractivity contribution in [3.63, 3.8) is 0 Å². The molecule has 206 valence electrons. The number of unbranched alkanes of at least 4 members (excludes halogenated alkanes) is 1. The molecule has 3 aromatic carbocycles. The van der Waals surface area contributed by atoms with Gasteiger partial charge in [0.25, 0.3) is 0 Å². The maximum absolute atomic E-state index is 11.2. The lowest BCUT2D eigenvalue weighted by molar-refractivity contribution is -0.137. The van der Waals surface area contributed by atoms with Gasteiger partial charge in [-0.1, -0.05) is 78.9 Å². The van der Waals surface area contributed by atoms with Crippen LogP contribution in [0.5, 0.6) is 5.75 Å². The van der Waals surface area contributed by atoms with Crippen molar-refractivity contribution < 1.29 is 19.4 Å². The number of para-hydroxylation sites is 2. The molecule has 0 heterocycles. The van der Waals surface area contributed by atoms with Crippen molar-refractivity contribution in [2.45, 2.75) is 31.7 Å². The normalized spacial score (nSPS) is 14.8. The van der Waals surface area contributed by atoms with E-state index in [1.807, 2.05) is 42.5 Å². The van der Waals surface area contributed by atoms with E-state index in [4.69, 9.17) is 15.1 Å². The van der Waals surface area contributed by atoms with Crippen molar-refractivity contribution in [2.24, 2.45) is 0 Å². The summed E-state index contributed by atoms with van der Waals surface area (Å²) in [5.74, 6) is -0.303. The van der Waals surface area contributed by atoms with Crippen LogP contribution >= 0.6 is 0 Å². The number of carboxylic acids is 1. The van der Waals surface area contributed by atoms with Crippen molar-refractivity contribution in [3.05, 3.63) is 125 Å². The summed E-state index contributed by atoms with van der Waals surface area (Å²) in [7, 11) is 0. The summed E-state index contributed by atoms with van der Waals surface area (Å²) in [6.07, 6.45) is 14.6. The van der Waals surface area contributed by atoms with Crippen LogP contribution in [-0.2, 0) is 9.59 Å². The van der Waals surface area contributed by atoms with Crippen LogP contribution in [0.25, 0.3) is 12.2 Å². The lowest BCUT2D eigenvalue weighted by Gasteiger charge is -2.33. The number of rotatable bonds is 13. The van der Waals surface area contributed by atoms with E-state index < -0.39 is 5.97 Å². The Morgan fingerprint density at radius 1 is 1.00 bits per heavy atom.